The van der Waals surface area contributed by atoms with E-state index >= 15 is 0 Å². The molecule has 0 fully saturated rings. The second-order valence-electron chi connectivity index (χ2n) is 23.2. The van der Waals surface area contributed by atoms with E-state index in [4.69, 9.17) is 0 Å². The van der Waals surface area contributed by atoms with Crippen molar-refractivity contribution in [1.29, 1.82) is 0 Å². The first-order chi connectivity index (χ1) is 31.4. The van der Waals surface area contributed by atoms with Gasteiger partial charge in [-0.25, -0.2) is 0 Å². The summed E-state index contributed by atoms with van der Waals surface area (Å²) in [7, 11) is 0. The number of hydrogen-bond acceptors (Lipinski definition) is 1. The highest BCUT2D eigenvalue weighted by Gasteiger charge is 2.36. The van der Waals surface area contributed by atoms with Gasteiger partial charge in [-0.15, -0.1) is 0 Å². The van der Waals surface area contributed by atoms with E-state index in [1.165, 1.54) is 115 Å². The second-order valence-corrected chi connectivity index (χ2v) is 23.2. The van der Waals surface area contributed by atoms with Crippen LogP contribution < -0.4 is 4.90 Å². The maximum Gasteiger partial charge on any atom is 0.0620 e. The highest BCUT2D eigenvalue weighted by atomic mass is 15.1. The molecular formula is C63H57N3. The van der Waals surface area contributed by atoms with Gasteiger partial charge in [0, 0.05) is 65.6 Å². The summed E-state index contributed by atoms with van der Waals surface area (Å²) in [6.45, 7) is 25.8. The average Bonchev–Trinajstić information content (AvgIpc) is 4.04. The molecule has 0 radical (unpaired) electrons. The first-order valence-electron chi connectivity index (χ1n) is 23.9. The fourth-order valence-electron chi connectivity index (χ4n) is 11.9. The summed E-state index contributed by atoms with van der Waals surface area (Å²) in [5, 5.41) is 10.6. The van der Waals surface area contributed by atoms with Crippen LogP contribution in [0.2, 0.25) is 0 Å². The van der Waals surface area contributed by atoms with Crippen LogP contribution >= 0.6 is 0 Å². The number of nitrogens with zero attached hydrogens (tertiary/aromatic N) is 3. The van der Waals surface area contributed by atoms with Crippen molar-refractivity contribution >= 4 is 93.3 Å². The van der Waals surface area contributed by atoms with E-state index in [0.717, 1.165) is 17.1 Å². The first-order valence-corrected chi connectivity index (χ1v) is 23.9. The van der Waals surface area contributed by atoms with Gasteiger partial charge in [0.05, 0.1) is 33.1 Å². The average molecular weight is 856 g/mol. The van der Waals surface area contributed by atoms with Gasteiger partial charge in [-0.05, 0) is 140 Å². The molecule has 0 saturated carbocycles. The SMILES string of the molecule is CC(C)(C)c1ccc2c(c1)c1cc(C(C)(C)C)cc3c4cc5c(cc4n2c13)c1cc(C(C)(C)C)cc2c3ccc(N(c4ccccc4)c4ccc6c(c4)-c4ccccc4C6(C)C)cc3n5c21. The fourth-order valence-corrected chi connectivity index (χ4v) is 11.9. The summed E-state index contributed by atoms with van der Waals surface area (Å²) in [5.74, 6) is 0. The highest BCUT2D eigenvalue weighted by Crippen LogP contribution is 2.52. The Morgan fingerprint density at radius 1 is 0.348 bits per heavy atom. The lowest BCUT2D eigenvalue weighted by atomic mass is 9.82. The Balaban J connectivity index is 1.12. The van der Waals surface area contributed by atoms with Crippen LogP contribution in [0.1, 0.15) is 104 Å². The van der Waals surface area contributed by atoms with Gasteiger partial charge in [0.2, 0.25) is 0 Å². The number of hydrogen-bond donors (Lipinski definition) is 0. The van der Waals surface area contributed by atoms with Crippen LogP contribution in [-0.4, -0.2) is 8.80 Å². The first kappa shape index (κ1) is 39.5. The molecule has 0 atom stereocenters. The molecule has 0 unspecified atom stereocenters. The summed E-state index contributed by atoms with van der Waals surface area (Å²) in [4.78, 5) is 2.46. The molecule has 3 heteroatoms. The maximum atomic E-state index is 2.60. The van der Waals surface area contributed by atoms with E-state index in [1.807, 2.05) is 0 Å². The highest BCUT2D eigenvalue weighted by molar-refractivity contribution is 6.29. The lowest BCUT2D eigenvalue weighted by Gasteiger charge is -2.27. The Bertz CT molecular complexity index is 4000. The van der Waals surface area contributed by atoms with Gasteiger partial charge in [0.15, 0.2) is 0 Å². The molecule has 4 heterocycles. The fraction of sp³-hybridized carbons (Fsp3) is 0.238. The zero-order valence-electron chi connectivity index (χ0n) is 40.2. The van der Waals surface area contributed by atoms with Gasteiger partial charge in [-0.3, -0.25) is 0 Å². The van der Waals surface area contributed by atoms with Crippen LogP contribution in [0.4, 0.5) is 17.1 Å². The number of para-hydroxylation sites is 1. The normalized spacial score (nSPS) is 14.4. The summed E-state index contributed by atoms with van der Waals surface area (Å²) in [6, 6.07) is 56.4. The van der Waals surface area contributed by atoms with E-state index in [9.17, 15) is 0 Å². The predicted octanol–water partition coefficient (Wildman–Crippen LogP) is 17.7. The van der Waals surface area contributed by atoms with Gasteiger partial charge in [0.1, 0.15) is 0 Å². The lowest BCUT2D eigenvalue weighted by molar-refractivity contribution is 0.590. The molecule has 0 amide bonds. The Morgan fingerprint density at radius 3 is 1.42 bits per heavy atom. The van der Waals surface area contributed by atoms with E-state index < -0.39 is 0 Å². The Kier molecular flexibility index (Phi) is 7.62. The minimum atomic E-state index is -0.0560. The minimum absolute atomic E-state index is 0.0118. The van der Waals surface area contributed by atoms with Crippen molar-refractivity contribution in [2.24, 2.45) is 0 Å². The number of benzene rings is 8. The zero-order chi connectivity index (χ0) is 45.6. The Morgan fingerprint density at radius 2 is 0.818 bits per heavy atom. The van der Waals surface area contributed by atoms with Crippen molar-refractivity contribution in [3.05, 3.63) is 173 Å². The quantitative estimate of drug-likeness (QED) is 0.172. The van der Waals surface area contributed by atoms with E-state index in [2.05, 4.69) is 235 Å². The van der Waals surface area contributed by atoms with Crippen molar-refractivity contribution in [3.8, 4) is 11.1 Å². The Labute approximate surface area is 387 Å². The van der Waals surface area contributed by atoms with Crippen molar-refractivity contribution < 1.29 is 0 Å². The maximum absolute atomic E-state index is 2.60. The zero-order valence-corrected chi connectivity index (χ0v) is 40.2. The van der Waals surface area contributed by atoms with Gasteiger partial charge in [-0.1, -0.05) is 137 Å². The standard InChI is InChI=1S/C63H57N3/c1-60(2,3)36-21-26-54-45(27-36)49-29-38(62(7,8)9)31-51-46-35-57-47(34-56(46)65(54)59(49)51)50-30-37(61(4,5)6)28-48-43-24-22-41(33-55(43)66(57)58(48)50)64(39-17-13-12-14-18-39)40-23-25-53-44(32-40)42-19-15-16-20-52(42)63(53,10)11/h12-35H,1-11H3. The van der Waals surface area contributed by atoms with Crippen LogP contribution in [0.5, 0.6) is 0 Å². The number of anilines is 3. The van der Waals surface area contributed by atoms with Gasteiger partial charge < -0.3 is 13.7 Å². The summed E-state index contributed by atoms with van der Waals surface area (Å²) >= 11 is 0. The number of rotatable bonds is 3. The van der Waals surface area contributed by atoms with Gasteiger partial charge >= 0.3 is 0 Å². The van der Waals surface area contributed by atoms with Crippen molar-refractivity contribution in [3.63, 3.8) is 0 Å². The van der Waals surface area contributed by atoms with E-state index in [-0.39, 0.29) is 21.7 Å². The van der Waals surface area contributed by atoms with E-state index in [1.54, 1.807) is 0 Å². The monoisotopic (exact) mass is 855 g/mol. The largest absolute Gasteiger partial charge is 0.310 e. The predicted molar refractivity (Wildman–Crippen MR) is 284 cm³/mol. The Hall–Kier alpha value is -6.84. The molecule has 0 N–H and O–H groups in total. The molecule has 4 aromatic heterocycles. The minimum Gasteiger partial charge on any atom is -0.310 e. The molecule has 0 saturated heterocycles. The van der Waals surface area contributed by atoms with Crippen LogP contribution in [-0.2, 0) is 21.7 Å². The van der Waals surface area contributed by atoms with Gasteiger partial charge in [-0.2, -0.15) is 0 Å². The van der Waals surface area contributed by atoms with Crippen molar-refractivity contribution in [1.82, 2.24) is 8.80 Å². The second kappa shape index (κ2) is 12.7. The lowest BCUT2D eigenvalue weighted by Crippen LogP contribution is -2.15. The third-order valence-electron chi connectivity index (χ3n) is 15.6. The molecule has 1 aliphatic carbocycles. The van der Waals surface area contributed by atoms with Crippen molar-refractivity contribution in [2.75, 3.05) is 4.90 Å². The molecule has 8 aromatic carbocycles. The smallest absolute Gasteiger partial charge is 0.0620 e. The van der Waals surface area contributed by atoms with Crippen LogP contribution in [0.25, 0.3) is 87.3 Å². The summed E-state index contributed by atoms with van der Waals surface area (Å²) in [5.41, 5.74) is 20.6. The topological polar surface area (TPSA) is 12.1 Å². The summed E-state index contributed by atoms with van der Waals surface area (Å²) < 4.78 is 5.18. The molecule has 3 nitrogen and oxygen atoms in total. The molecule has 0 bridgehead atoms. The molecule has 324 valence electrons. The number of fused-ring (bicyclic) bond motifs is 15. The molecule has 66 heavy (non-hydrogen) atoms. The summed E-state index contributed by atoms with van der Waals surface area (Å²) in [6.07, 6.45) is 0. The molecule has 1 aliphatic rings. The molecule has 0 aliphatic heterocycles. The van der Waals surface area contributed by atoms with Crippen LogP contribution in [0, 0.1) is 0 Å². The molecular weight excluding hydrogens is 799 g/mol. The van der Waals surface area contributed by atoms with Crippen LogP contribution in [0.3, 0.4) is 0 Å². The van der Waals surface area contributed by atoms with E-state index in [0.29, 0.717) is 0 Å². The molecule has 13 rings (SSSR count). The molecule has 12 aromatic rings. The number of aromatic nitrogens is 2. The third kappa shape index (κ3) is 5.26. The van der Waals surface area contributed by atoms with Gasteiger partial charge in [0.25, 0.3) is 0 Å². The van der Waals surface area contributed by atoms with Crippen LogP contribution in [0.15, 0.2) is 146 Å². The third-order valence-corrected chi connectivity index (χ3v) is 15.6. The van der Waals surface area contributed by atoms with Crippen molar-refractivity contribution in [2.45, 2.75) is 97.8 Å². The molecule has 0 spiro atoms.